The van der Waals surface area contributed by atoms with Gasteiger partial charge in [-0.3, -0.25) is 4.90 Å². The first-order chi connectivity index (χ1) is 13.7. The highest BCUT2D eigenvalue weighted by Gasteiger charge is 2.32. The molecule has 1 saturated heterocycles. The molecule has 0 bridgehead atoms. The first-order valence-electron chi connectivity index (χ1n) is 9.41. The van der Waals surface area contributed by atoms with Crippen molar-refractivity contribution in [2.45, 2.75) is 38.9 Å². The molecule has 3 heterocycles. The summed E-state index contributed by atoms with van der Waals surface area (Å²) in [6.07, 6.45) is -1.94. The number of rotatable bonds is 5. The van der Waals surface area contributed by atoms with Gasteiger partial charge in [-0.15, -0.1) is 10.2 Å². The van der Waals surface area contributed by atoms with E-state index in [1.807, 2.05) is 6.92 Å². The van der Waals surface area contributed by atoms with E-state index >= 15 is 0 Å². The fourth-order valence-electron chi connectivity index (χ4n) is 3.47. The van der Waals surface area contributed by atoms with Crippen LogP contribution in [0.15, 0.2) is 12.3 Å². The lowest BCUT2D eigenvalue weighted by Crippen LogP contribution is -2.43. The summed E-state index contributed by atoms with van der Waals surface area (Å²) in [6.45, 7) is 6.07. The Kier molecular flexibility index (Phi) is 6.23. The van der Waals surface area contributed by atoms with E-state index in [0.29, 0.717) is 30.2 Å². The van der Waals surface area contributed by atoms with Crippen molar-refractivity contribution in [3.05, 3.63) is 29.0 Å². The molecular formula is C19H24F3N5O2. The van der Waals surface area contributed by atoms with Crippen molar-refractivity contribution >= 4 is 5.82 Å². The van der Waals surface area contributed by atoms with Crippen LogP contribution in [0.5, 0.6) is 5.75 Å². The Morgan fingerprint density at radius 3 is 2.62 bits per heavy atom. The number of nitrogens with zero attached hydrogens (tertiary/aromatic N) is 4. The molecule has 29 heavy (non-hydrogen) atoms. The second-order valence-electron chi connectivity index (χ2n) is 7.24. The van der Waals surface area contributed by atoms with Crippen molar-refractivity contribution < 1.29 is 23.4 Å². The van der Waals surface area contributed by atoms with Gasteiger partial charge in [-0.25, -0.2) is 4.98 Å². The quantitative estimate of drug-likeness (QED) is 0.696. The number of likely N-dealkylation sites (tertiary alicyclic amines) is 1. The number of anilines is 1. The van der Waals surface area contributed by atoms with Crippen molar-refractivity contribution in [1.29, 1.82) is 0 Å². The van der Waals surface area contributed by atoms with Gasteiger partial charge in [0.1, 0.15) is 17.1 Å². The van der Waals surface area contributed by atoms with Crippen LogP contribution in [0, 0.1) is 13.8 Å². The molecule has 3 rings (SSSR count). The number of pyridine rings is 1. The second kappa shape index (κ2) is 8.50. The maximum absolute atomic E-state index is 12.8. The van der Waals surface area contributed by atoms with Crippen LogP contribution in [-0.2, 0) is 6.18 Å². The Hall–Kier alpha value is -2.46. The number of aromatic nitrogens is 3. The van der Waals surface area contributed by atoms with Crippen LogP contribution in [0.2, 0.25) is 0 Å². The Labute approximate surface area is 166 Å². The Bertz CT molecular complexity index is 874. The third-order valence-electron chi connectivity index (χ3n) is 5.20. The minimum absolute atomic E-state index is 0.0376. The number of hydrogen-bond donors (Lipinski definition) is 3. The maximum atomic E-state index is 12.8. The summed E-state index contributed by atoms with van der Waals surface area (Å²) in [7, 11) is 0. The largest absolute Gasteiger partial charge is 0.506 e. The zero-order valence-corrected chi connectivity index (χ0v) is 16.3. The van der Waals surface area contributed by atoms with Crippen molar-refractivity contribution in [2.75, 3.05) is 31.6 Å². The number of halogens is 3. The number of aliphatic hydroxyl groups excluding tert-OH is 1. The molecule has 0 amide bonds. The van der Waals surface area contributed by atoms with Gasteiger partial charge >= 0.3 is 6.18 Å². The van der Waals surface area contributed by atoms with Crippen molar-refractivity contribution in [2.24, 2.45) is 0 Å². The molecule has 2 aromatic heterocycles. The van der Waals surface area contributed by atoms with Gasteiger partial charge in [0.05, 0.1) is 12.2 Å². The van der Waals surface area contributed by atoms with Crippen LogP contribution in [-0.4, -0.2) is 62.6 Å². The fourth-order valence-corrected chi connectivity index (χ4v) is 3.47. The van der Waals surface area contributed by atoms with Gasteiger partial charge in [0.2, 0.25) is 0 Å². The molecule has 1 aliphatic heterocycles. The molecule has 158 valence electrons. The first kappa shape index (κ1) is 21.3. The van der Waals surface area contributed by atoms with Crippen molar-refractivity contribution in [3.8, 4) is 17.1 Å². The SMILES string of the molecule is Cc1c(NC2CCCN(CCO)C2)nnc(-c2ncc(C(F)(F)F)cc2O)c1C. The molecule has 1 unspecified atom stereocenters. The van der Waals surface area contributed by atoms with Crippen LogP contribution >= 0.6 is 0 Å². The van der Waals surface area contributed by atoms with E-state index in [1.165, 1.54) is 0 Å². The highest BCUT2D eigenvalue weighted by atomic mass is 19.4. The average molecular weight is 411 g/mol. The van der Waals surface area contributed by atoms with Crippen molar-refractivity contribution in [3.63, 3.8) is 0 Å². The van der Waals surface area contributed by atoms with E-state index in [2.05, 4.69) is 25.4 Å². The summed E-state index contributed by atoms with van der Waals surface area (Å²) in [5.74, 6) is -0.00207. The van der Waals surface area contributed by atoms with E-state index in [9.17, 15) is 18.3 Å². The van der Waals surface area contributed by atoms with Gasteiger partial charge in [-0.2, -0.15) is 13.2 Å². The van der Waals surface area contributed by atoms with Gasteiger partial charge in [-0.05, 0) is 50.4 Å². The number of aromatic hydroxyl groups is 1. The fraction of sp³-hybridized carbons (Fsp3) is 0.526. The lowest BCUT2D eigenvalue weighted by Gasteiger charge is -2.33. The molecule has 3 N–H and O–H groups in total. The summed E-state index contributed by atoms with van der Waals surface area (Å²) in [5.41, 5.74) is 0.641. The molecule has 0 radical (unpaired) electrons. The summed E-state index contributed by atoms with van der Waals surface area (Å²) < 4.78 is 38.4. The minimum Gasteiger partial charge on any atom is -0.506 e. The standard InChI is InChI=1S/C19H24F3N5O2/c1-11-12(2)18(24-14-4-3-5-27(10-14)6-7-28)26-25-16(11)17-15(29)8-13(9-23-17)19(20,21)22/h8-9,14,28-29H,3-7,10H2,1-2H3,(H,24,26). The molecule has 1 fully saturated rings. The molecule has 0 aliphatic carbocycles. The molecule has 0 spiro atoms. The summed E-state index contributed by atoms with van der Waals surface area (Å²) in [5, 5.41) is 30.9. The average Bonchev–Trinajstić information content (AvgIpc) is 2.66. The first-order valence-corrected chi connectivity index (χ1v) is 9.41. The number of nitrogens with one attached hydrogen (secondary N) is 1. The topological polar surface area (TPSA) is 94.4 Å². The number of aliphatic hydroxyl groups is 1. The van der Waals surface area contributed by atoms with Crippen LogP contribution in [0.1, 0.15) is 29.5 Å². The number of hydrogen-bond acceptors (Lipinski definition) is 7. The molecule has 1 atom stereocenters. The van der Waals surface area contributed by atoms with Gasteiger partial charge in [0.25, 0.3) is 0 Å². The van der Waals surface area contributed by atoms with Crippen molar-refractivity contribution in [1.82, 2.24) is 20.1 Å². The van der Waals surface area contributed by atoms with Crippen LogP contribution in [0.4, 0.5) is 19.0 Å². The van der Waals surface area contributed by atoms with Gasteiger partial charge in [-0.1, -0.05) is 0 Å². The summed E-state index contributed by atoms with van der Waals surface area (Å²) in [6, 6.07) is 0.800. The molecule has 2 aromatic rings. The van der Waals surface area contributed by atoms with Crippen LogP contribution in [0.25, 0.3) is 11.4 Å². The third-order valence-corrected chi connectivity index (χ3v) is 5.20. The number of β-amino-alcohol motifs (C(OH)–C–C–N with tert-alkyl or cyclic N) is 1. The molecule has 7 nitrogen and oxygen atoms in total. The van der Waals surface area contributed by atoms with Crippen LogP contribution < -0.4 is 5.32 Å². The van der Waals surface area contributed by atoms with E-state index in [0.717, 1.165) is 31.5 Å². The van der Waals surface area contributed by atoms with E-state index in [-0.39, 0.29) is 24.0 Å². The molecule has 0 saturated carbocycles. The summed E-state index contributed by atoms with van der Waals surface area (Å²) >= 11 is 0. The Balaban J connectivity index is 1.83. The van der Waals surface area contributed by atoms with Gasteiger partial charge in [0.15, 0.2) is 5.82 Å². The Morgan fingerprint density at radius 2 is 1.97 bits per heavy atom. The minimum atomic E-state index is -4.59. The molecular weight excluding hydrogens is 387 g/mol. The predicted octanol–water partition coefficient (Wildman–Crippen LogP) is 2.75. The molecule has 10 heteroatoms. The predicted molar refractivity (Wildman–Crippen MR) is 102 cm³/mol. The zero-order valence-electron chi connectivity index (χ0n) is 16.3. The number of piperidine rings is 1. The molecule has 1 aliphatic rings. The molecule has 0 aromatic carbocycles. The zero-order chi connectivity index (χ0) is 21.2. The normalized spacial score (nSPS) is 18.1. The summed E-state index contributed by atoms with van der Waals surface area (Å²) in [4.78, 5) is 5.95. The van der Waals surface area contributed by atoms with Gasteiger partial charge < -0.3 is 15.5 Å². The van der Waals surface area contributed by atoms with Crippen LogP contribution in [0.3, 0.4) is 0 Å². The third kappa shape index (κ3) is 4.76. The lowest BCUT2D eigenvalue weighted by molar-refractivity contribution is -0.137. The second-order valence-corrected chi connectivity index (χ2v) is 7.24. The van der Waals surface area contributed by atoms with E-state index < -0.39 is 17.5 Å². The number of alkyl halides is 3. The highest BCUT2D eigenvalue weighted by molar-refractivity contribution is 5.68. The lowest BCUT2D eigenvalue weighted by atomic mass is 10.0. The Morgan fingerprint density at radius 1 is 1.21 bits per heavy atom. The van der Waals surface area contributed by atoms with E-state index in [1.54, 1.807) is 6.92 Å². The smallest absolute Gasteiger partial charge is 0.418 e. The van der Waals surface area contributed by atoms with Gasteiger partial charge in [0, 0.05) is 25.3 Å². The monoisotopic (exact) mass is 411 g/mol. The maximum Gasteiger partial charge on any atom is 0.418 e. The van der Waals surface area contributed by atoms with E-state index in [4.69, 9.17) is 5.11 Å². The highest BCUT2D eigenvalue weighted by Crippen LogP contribution is 2.36.